The highest BCUT2D eigenvalue weighted by atomic mass is 32.2. The number of para-hydroxylation sites is 1. The Morgan fingerprint density at radius 2 is 2.00 bits per heavy atom. The van der Waals surface area contributed by atoms with Crippen LogP contribution in [-0.2, 0) is 11.2 Å². The average molecular weight is 371 g/mol. The molecule has 1 fully saturated rings. The second-order valence-corrected chi connectivity index (χ2v) is 8.61. The molecule has 4 rings (SSSR count). The number of anilines is 1. The molecular weight excluding hydrogens is 344 g/mol. The van der Waals surface area contributed by atoms with Crippen LogP contribution in [0.4, 0.5) is 5.69 Å². The molecule has 0 unspecified atom stereocenters. The lowest BCUT2D eigenvalue weighted by Crippen LogP contribution is -2.43. The lowest BCUT2D eigenvalue weighted by Gasteiger charge is -2.35. The van der Waals surface area contributed by atoms with E-state index in [1.807, 2.05) is 11.0 Å². The molecule has 0 spiro atoms. The van der Waals surface area contributed by atoms with Gasteiger partial charge in [-0.3, -0.25) is 4.79 Å². The highest BCUT2D eigenvalue weighted by molar-refractivity contribution is 7.99. The van der Waals surface area contributed by atoms with Crippen LogP contribution in [0.1, 0.15) is 63.4 Å². The van der Waals surface area contributed by atoms with Crippen LogP contribution in [-0.4, -0.2) is 32.5 Å². The lowest BCUT2D eigenvalue weighted by atomic mass is 9.97. The summed E-state index contributed by atoms with van der Waals surface area (Å²) in [5.41, 5.74) is 2.34. The SMILES string of the molecule is CC(C)c1nnc(SCC(=O)N2c3ccccc3CC[C@@H]2C)n1C1CC1. The summed E-state index contributed by atoms with van der Waals surface area (Å²) in [5.74, 6) is 1.95. The summed E-state index contributed by atoms with van der Waals surface area (Å²) in [6.45, 7) is 6.44. The van der Waals surface area contributed by atoms with Gasteiger partial charge in [0.25, 0.3) is 0 Å². The van der Waals surface area contributed by atoms with Crippen LogP contribution in [0.15, 0.2) is 29.4 Å². The Morgan fingerprint density at radius 1 is 1.23 bits per heavy atom. The van der Waals surface area contributed by atoms with E-state index >= 15 is 0 Å². The first-order valence-corrected chi connectivity index (χ1v) is 10.5. The first kappa shape index (κ1) is 17.6. The van der Waals surface area contributed by atoms with E-state index in [2.05, 4.69) is 53.7 Å². The van der Waals surface area contributed by atoms with Gasteiger partial charge < -0.3 is 9.47 Å². The van der Waals surface area contributed by atoms with Gasteiger partial charge in [0.1, 0.15) is 5.82 Å². The lowest BCUT2D eigenvalue weighted by molar-refractivity contribution is -0.116. The van der Waals surface area contributed by atoms with Crippen LogP contribution in [0.3, 0.4) is 0 Å². The van der Waals surface area contributed by atoms with Crippen molar-refractivity contribution in [1.82, 2.24) is 14.8 Å². The molecule has 2 heterocycles. The number of carbonyl (C=O) groups is 1. The fourth-order valence-electron chi connectivity index (χ4n) is 3.72. The summed E-state index contributed by atoms with van der Waals surface area (Å²) in [6, 6.07) is 9.03. The standard InChI is InChI=1S/C20H26N4OS/c1-13(2)19-21-22-20(24(19)16-10-11-16)26-12-18(25)23-14(3)8-9-15-6-4-5-7-17(15)23/h4-7,13-14,16H,8-12H2,1-3H3/t14-/m0/s1. The number of aromatic nitrogens is 3. The fraction of sp³-hybridized carbons (Fsp3) is 0.550. The quantitative estimate of drug-likeness (QED) is 0.740. The molecule has 138 valence electrons. The molecule has 0 saturated heterocycles. The molecule has 1 aliphatic carbocycles. The van der Waals surface area contributed by atoms with Crippen molar-refractivity contribution < 1.29 is 4.79 Å². The molecule has 26 heavy (non-hydrogen) atoms. The van der Waals surface area contributed by atoms with Crippen LogP contribution in [0.25, 0.3) is 0 Å². The monoisotopic (exact) mass is 370 g/mol. The van der Waals surface area contributed by atoms with Crippen molar-refractivity contribution in [2.45, 2.75) is 69.6 Å². The predicted molar refractivity (Wildman–Crippen MR) is 105 cm³/mol. The van der Waals surface area contributed by atoms with Crippen molar-refractivity contribution in [2.75, 3.05) is 10.7 Å². The normalized spacial score (nSPS) is 19.7. The van der Waals surface area contributed by atoms with E-state index in [0.717, 1.165) is 29.5 Å². The van der Waals surface area contributed by atoms with Crippen molar-refractivity contribution in [3.05, 3.63) is 35.7 Å². The molecule has 1 aromatic carbocycles. The second-order valence-electron chi connectivity index (χ2n) is 7.67. The van der Waals surface area contributed by atoms with Crippen LogP contribution in [0, 0.1) is 0 Å². The van der Waals surface area contributed by atoms with Gasteiger partial charge in [-0.15, -0.1) is 10.2 Å². The summed E-state index contributed by atoms with van der Waals surface area (Å²) >= 11 is 1.53. The number of benzene rings is 1. The van der Waals surface area contributed by atoms with Gasteiger partial charge in [0, 0.05) is 23.7 Å². The number of hydrogen-bond donors (Lipinski definition) is 0. The minimum atomic E-state index is 0.158. The zero-order valence-electron chi connectivity index (χ0n) is 15.7. The van der Waals surface area contributed by atoms with Gasteiger partial charge in [0.05, 0.1) is 5.75 Å². The number of rotatable bonds is 5. The Hall–Kier alpha value is -1.82. The third-order valence-corrected chi connectivity index (χ3v) is 6.16. The molecule has 1 aromatic heterocycles. The summed E-state index contributed by atoms with van der Waals surface area (Å²) in [4.78, 5) is 15.0. The number of amides is 1. The summed E-state index contributed by atoms with van der Waals surface area (Å²) in [7, 11) is 0. The summed E-state index contributed by atoms with van der Waals surface area (Å²) < 4.78 is 2.26. The molecule has 0 radical (unpaired) electrons. The first-order chi connectivity index (χ1) is 12.6. The number of thioether (sulfide) groups is 1. The maximum atomic E-state index is 13.0. The van der Waals surface area contributed by atoms with Crippen molar-refractivity contribution in [3.63, 3.8) is 0 Å². The van der Waals surface area contributed by atoms with Crippen LogP contribution in [0.2, 0.25) is 0 Å². The molecule has 5 nitrogen and oxygen atoms in total. The highest BCUT2D eigenvalue weighted by Gasteiger charge is 2.32. The van der Waals surface area contributed by atoms with E-state index in [9.17, 15) is 4.79 Å². The van der Waals surface area contributed by atoms with Crippen LogP contribution in [0.5, 0.6) is 0 Å². The molecule has 1 aliphatic heterocycles. The number of hydrogen-bond acceptors (Lipinski definition) is 4. The molecule has 0 N–H and O–H groups in total. The molecule has 1 amide bonds. The van der Waals surface area contributed by atoms with Crippen molar-refractivity contribution in [3.8, 4) is 0 Å². The zero-order valence-corrected chi connectivity index (χ0v) is 16.5. The maximum Gasteiger partial charge on any atom is 0.237 e. The van der Waals surface area contributed by atoms with Crippen molar-refractivity contribution in [1.29, 1.82) is 0 Å². The Labute approximate surface area is 159 Å². The van der Waals surface area contributed by atoms with Gasteiger partial charge >= 0.3 is 0 Å². The Bertz CT molecular complexity index is 812. The molecule has 2 aromatic rings. The van der Waals surface area contributed by atoms with Gasteiger partial charge in [-0.05, 0) is 44.2 Å². The highest BCUT2D eigenvalue weighted by Crippen LogP contribution is 2.40. The third-order valence-electron chi connectivity index (χ3n) is 5.24. The Balaban J connectivity index is 1.51. The molecule has 6 heteroatoms. The van der Waals surface area contributed by atoms with E-state index < -0.39 is 0 Å². The van der Waals surface area contributed by atoms with Crippen molar-refractivity contribution in [2.24, 2.45) is 0 Å². The van der Waals surface area contributed by atoms with E-state index in [1.165, 1.54) is 30.2 Å². The van der Waals surface area contributed by atoms with Gasteiger partial charge in [0.2, 0.25) is 5.91 Å². The maximum absolute atomic E-state index is 13.0. The number of nitrogens with zero attached hydrogens (tertiary/aromatic N) is 4. The smallest absolute Gasteiger partial charge is 0.237 e. The number of fused-ring (bicyclic) bond motifs is 1. The predicted octanol–water partition coefficient (Wildman–Crippen LogP) is 4.20. The van der Waals surface area contributed by atoms with E-state index in [0.29, 0.717) is 17.7 Å². The first-order valence-electron chi connectivity index (χ1n) is 9.53. The van der Waals surface area contributed by atoms with Crippen LogP contribution >= 0.6 is 11.8 Å². The summed E-state index contributed by atoms with van der Waals surface area (Å²) in [5, 5.41) is 9.66. The number of carbonyl (C=O) groups excluding carboxylic acids is 1. The third kappa shape index (κ3) is 3.27. The molecular formula is C20H26N4OS. The topological polar surface area (TPSA) is 51.0 Å². The largest absolute Gasteiger partial charge is 0.309 e. The van der Waals surface area contributed by atoms with Crippen molar-refractivity contribution >= 4 is 23.4 Å². The minimum absolute atomic E-state index is 0.158. The molecule has 2 aliphatic rings. The van der Waals surface area contributed by atoms with Gasteiger partial charge in [-0.2, -0.15) is 0 Å². The van der Waals surface area contributed by atoms with Gasteiger partial charge in [0.15, 0.2) is 5.16 Å². The zero-order chi connectivity index (χ0) is 18.3. The Morgan fingerprint density at radius 3 is 2.73 bits per heavy atom. The molecule has 0 bridgehead atoms. The summed E-state index contributed by atoms with van der Waals surface area (Å²) in [6.07, 6.45) is 4.44. The van der Waals surface area contributed by atoms with Crippen LogP contribution < -0.4 is 4.90 Å². The van der Waals surface area contributed by atoms with Gasteiger partial charge in [-0.1, -0.05) is 43.8 Å². The van der Waals surface area contributed by atoms with Gasteiger partial charge in [-0.25, -0.2) is 0 Å². The second kappa shape index (κ2) is 7.06. The molecule has 1 atom stereocenters. The Kier molecular flexibility index (Phi) is 4.78. The van der Waals surface area contributed by atoms with E-state index in [1.54, 1.807) is 0 Å². The van der Waals surface area contributed by atoms with E-state index in [4.69, 9.17) is 0 Å². The minimum Gasteiger partial charge on any atom is -0.309 e. The fourth-order valence-corrected chi connectivity index (χ4v) is 4.59. The number of aryl methyl sites for hydroxylation is 1. The van der Waals surface area contributed by atoms with E-state index in [-0.39, 0.29) is 11.9 Å². The average Bonchev–Trinajstić information content (AvgIpc) is 3.38. The molecule has 1 saturated carbocycles.